The van der Waals surface area contributed by atoms with Gasteiger partial charge in [0.05, 0.1) is 5.69 Å². The Labute approximate surface area is 92.9 Å². The minimum atomic E-state index is 0.0467. The molecule has 2 rings (SSSR count). The highest BCUT2D eigenvalue weighted by molar-refractivity contribution is 6.31. The maximum Gasteiger partial charge on any atom is 0.153 e. The first-order valence-corrected chi connectivity index (χ1v) is 5.24. The topological polar surface area (TPSA) is 47.8 Å². The van der Waals surface area contributed by atoms with Gasteiger partial charge < -0.3 is 0 Å². The third kappa shape index (κ3) is 2.09. The molecule has 15 heavy (non-hydrogen) atoms. The average molecular weight is 226 g/mol. The number of nitrogens with zero attached hydrogens (tertiary/aromatic N) is 3. The smallest absolute Gasteiger partial charge is 0.153 e. The fourth-order valence-corrected chi connectivity index (χ4v) is 1.76. The molecule has 0 aliphatic heterocycles. The summed E-state index contributed by atoms with van der Waals surface area (Å²) >= 11 is 6.03. The second-order valence-electron chi connectivity index (χ2n) is 3.90. The second kappa shape index (κ2) is 3.77. The maximum absolute atomic E-state index is 10.9. The summed E-state index contributed by atoms with van der Waals surface area (Å²) in [6.45, 7) is 3.80. The van der Waals surface area contributed by atoms with Crippen molar-refractivity contribution < 1.29 is 4.79 Å². The molecular weight excluding hydrogens is 214 g/mol. The van der Waals surface area contributed by atoms with Crippen molar-refractivity contribution in [3.05, 3.63) is 16.4 Å². The minimum absolute atomic E-state index is 0.0467. The van der Waals surface area contributed by atoms with Crippen molar-refractivity contribution in [3.63, 3.8) is 0 Å². The quantitative estimate of drug-likeness (QED) is 0.769. The predicted molar refractivity (Wildman–Crippen MR) is 57.4 cm³/mol. The molecule has 0 unspecified atom stereocenters. The molecule has 0 saturated carbocycles. The zero-order valence-electron chi connectivity index (χ0n) is 8.70. The highest BCUT2D eigenvalue weighted by Crippen LogP contribution is 2.28. The lowest BCUT2D eigenvalue weighted by Gasteiger charge is -2.12. The van der Waals surface area contributed by atoms with Crippen LogP contribution in [0.5, 0.6) is 0 Å². The van der Waals surface area contributed by atoms with Gasteiger partial charge in [-0.15, -0.1) is 0 Å². The lowest BCUT2D eigenvalue weighted by molar-refractivity contribution is -0.117. The highest BCUT2D eigenvalue weighted by Gasteiger charge is 2.20. The molecule has 4 nitrogen and oxygen atoms in total. The molecule has 0 N–H and O–H groups in total. The Balaban J connectivity index is 2.30. The average Bonchev–Trinajstić information content (AvgIpc) is 2.46. The molecule has 1 aliphatic rings. The standard InChI is InChI=1S/C10H12ClN3O/c1-6-3-9-10(4-8(6)11)13-14(12-9)5-7(2)15/h4,6H,3,5H2,1-2H3/t6-/m1/s1. The fraction of sp³-hybridized carbons (Fsp3) is 0.500. The Morgan fingerprint density at radius 2 is 2.40 bits per heavy atom. The number of fused-ring (bicyclic) bond motifs is 1. The van der Waals surface area contributed by atoms with Crippen LogP contribution in [-0.4, -0.2) is 20.8 Å². The van der Waals surface area contributed by atoms with E-state index in [0.717, 1.165) is 22.8 Å². The van der Waals surface area contributed by atoms with Gasteiger partial charge >= 0.3 is 0 Å². The monoisotopic (exact) mass is 225 g/mol. The van der Waals surface area contributed by atoms with Gasteiger partial charge in [-0.05, 0) is 18.9 Å². The van der Waals surface area contributed by atoms with Crippen LogP contribution in [0.4, 0.5) is 0 Å². The van der Waals surface area contributed by atoms with E-state index in [4.69, 9.17) is 11.6 Å². The molecule has 0 bridgehead atoms. The molecule has 0 fully saturated rings. The molecular formula is C10H12ClN3O. The van der Waals surface area contributed by atoms with Gasteiger partial charge in [-0.1, -0.05) is 18.5 Å². The van der Waals surface area contributed by atoms with E-state index < -0.39 is 0 Å². The normalized spacial score (nSPS) is 19.7. The summed E-state index contributed by atoms with van der Waals surface area (Å²) in [7, 11) is 0. The number of halogens is 1. The van der Waals surface area contributed by atoms with E-state index in [0.29, 0.717) is 5.92 Å². The van der Waals surface area contributed by atoms with Crippen molar-refractivity contribution in [2.24, 2.45) is 5.92 Å². The molecule has 80 valence electrons. The largest absolute Gasteiger partial charge is 0.298 e. The van der Waals surface area contributed by atoms with Gasteiger partial charge in [0.1, 0.15) is 12.2 Å². The van der Waals surface area contributed by atoms with Crippen LogP contribution in [0, 0.1) is 5.92 Å². The first-order valence-electron chi connectivity index (χ1n) is 4.87. The summed E-state index contributed by atoms with van der Waals surface area (Å²) in [4.78, 5) is 12.3. The van der Waals surface area contributed by atoms with Crippen molar-refractivity contribution in [2.75, 3.05) is 0 Å². The molecule has 1 aliphatic carbocycles. The number of carbonyl (C=O) groups is 1. The number of Topliss-reactive ketones (excluding diaryl/α,β-unsaturated/α-hetero) is 1. The van der Waals surface area contributed by atoms with Crippen LogP contribution in [0.2, 0.25) is 0 Å². The van der Waals surface area contributed by atoms with Gasteiger partial charge in [-0.3, -0.25) is 4.79 Å². The highest BCUT2D eigenvalue weighted by atomic mass is 35.5. The molecule has 0 radical (unpaired) electrons. The van der Waals surface area contributed by atoms with E-state index in [1.807, 2.05) is 13.0 Å². The second-order valence-corrected chi connectivity index (χ2v) is 4.34. The molecule has 1 atom stereocenters. The Hall–Kier alpha value is -1.16. The summed E-state index contributed by atoms with van der Waals surface area (Å²) in [6.07, 6.45) is 2.62. The zero-order valence-corrected chi connectivity index (χ0v) is 9.45. The van der Waals surface area contributed by atoms with Crippen LogP contribution in [0.1, 0.15) is 25.2 Å². The van der Waals surface area contributed by atoms with E-state index in [9.17, 15) is 4.79 Å². The summed E-state index contributed by atoms with van der Waals surface area (Å²) in [5, 5.41) is 9.26. The van der Waals surface area contributed by atoms with Crippen LogP contribution >= 0.6 is 11.6 Å². The third-order valence-corrected chi connectivity index (χ3v) is 2.85. The van der Waals surface area contributed by atoms with Crippen molar-refractivity contribution in [1.82, 2.24) is 15.0 Å². The number of hydrogen-bond donors (Lipinski definition) is 0. The van der Waals surface area contributed by atoms with E-state index >= 15 is 0 Å². The summed E-state index contributed by atoms with van der Waals surface area (Å²) in [6, 6.07) is 0. The Bertz CT molecular complexity index is 436. The molecule has 1 heterocycles. The Morgan fingerprint density at radius 1 is 1.67 bits per heavy atom. The van der Waals surface area contributed by atoms with Gasteiger partial charge in [0, 0.05) is 11.5 Å². The number of rotatable bonds is 2. The third-order valence-electron chi connectivity index (χ3n) is 2.36. The van der Waals surface area contributed by atoms with Gasteiger partial charge in [-0.2, -0.15) is 15.0 Å². The van der Waals surface area contributed by atoms with Crippen LogP contribution < -0.4 is 0 Å². The first kappa shape index (κ1) is 10.4. The lowest BCUT2D eigenvalue weighted by atomic mass is 9.98. The van der Waals surface area contributed by atoms with E-state index in [1.54, 1.807) is 0 Å². The van der Waals surface area contributed by atoms with Crippen molar-refractivity contribution >= 4 is 23.5 Å². The van der Waals surface area contributed by atoms with E-state index in [1.165, 1.54) is 11.7 Å². The molecule has 0 amide bonds. The number of ketones is 1. The summed E-state index contributed by atoms with van der Waals surface area (Å²) in [5.41, 5.74) is 1.72. The van der Waals surface area contributed by atoms with Crippen LogP contribution in [0.15, 0.2) is 5.03 Å². The van der Waals surface area contributed by atoms with Gasteiger partial charge in [0.15, 0.2) is 5.78 Å². The summed E-state index contributed by atoms with van der Waals surface area (Å²) in [5.74, 6) is 0.340. The first-order chi connectivity index (χ1) is 7.06. The van der Waals surface area contributed by atoms with Gasteiger partial charge in [0.2, 0.25) is 0 Å². The Morgan fingerprint density at radius 3 is 3.07 bits per heavy atom. The molecule has 0 spiro atoms. The number of aromatic nitrogens is 3. The van der Waals surface area contributed by atoms with Crippen molar-refractivity contribution in [1.29, 1.82) is 0 Å². The van der Waals surface area contributed by atoms with E-state index in [2.05, 4.69) is 10.2 Å². The van der Waals surface area contributed by atoms with Crippen molar-refractivity contribution in [2.45, 2.75) is 26.8 Å². The maximum atomic E-state index is 10.9. The number of hydrogen-bond acceptors (Lipinski definition) is 3. The molecule has 0 saturated heterocycles. The SMILES string of the molecule is CC(=O)Cn1nc2c(n1)C[C@@H](C)C(Cl)=C2. The molecule has 1 aromatic rings. The van der Waals surface area contributed by atoms with Crippen molar-refractivity contribution in [3.8, 4) is 0 Å². The fourth-order valence-electron chi connectivity index (χ4n) is 1.58. The van der Waals surface area contributed by atoms with Crippen LogP contribution in [0.3, 0.4) is 0 Å². The van der Waals surface area contributed by atoms with Gasteiger partial charge in [0.25, 0.3) is 0 Å². The van der Waals surface area contributed by atoms with Crippen LogP contribution in [0.25, 0.3) is 6.08 Å². The van der Waals surface area contributed by atoms with Gasteiger partial charge in [-0.25, -0.2) is 0 Å². The number of allylic oxidation sites excluding steroid dienone is 1. The lowest BCUT2D eigenvalue weighted by Crippen LogP contribution is -2.10. The molecule has 5 heteroatoms. The minimum Gasteiger partial charge on any atom is -0.298 e. The molecule has 0 aromatic carbocycles. The predicted octanol–water partition coefficient (Wildman–Crippen LogP) is 1.64. The van der Waals surface area contributed by atoms with Crippen LogP contribution in [-0.2, 0) is 17.8 Å². The molecule has 1 aromatic heterocycles. The van der Waals surface area contributed by atoms with E-state index in [-0.39, 0.29) is 12.3 Å². The zero-order chi connectivity index (χ0) is 11.0. The Kier molecular flexibility index (Phi) is 2.61. The number of carbonyl (C=O) groups excluding carboxylic acids is 1. The summed E-state index contributed by atoms with van der Waals surface area (Å²) < 4.78 is 0.